The molecule has 0 spiro atoms. The molecule has 0 radical (unpaired) electrons. The van der Waals surface area contributed by atoms with E-state index in [1.54, 1.807) is 0 Å². The van der Waals surface area contributed by atoms with Crippen molar-refractivity contribution in [1.82, 2.24) is 9.97 Å². The molecule has 0 amide bonds. The van der Waals surface area contributed by atoms with Gasteiger partial charge >= 0.3 is 0 Å². The van der Waals surface area contributed by atoms with E-state index in [4.69, 9.17) is 15.5 Å². The van der Waals surface area contributed by atoms with E-state index in [9.17, 15) is 0 Å². The molecule has 0 aliphatic carbocycles. The Bertz CT molecular complexity index is 761. The van der Waals surface area contributed by atoms with E-state index < -0.39 is 0 Å². The number of para-hydroxylation sites is 2. The second-order valence-corrected chi connectivity index (χ2v) is 6.63. The zero-order valence-corrected chi connectivity index (χ0v) is 14.3. The lowest BCUT2D eigenvalue weighted by Gasteiger charge is -2.14. The highest BCUT2D eigenvalue weighted by Gasteiger charge is 2.15. The normalized spacial score (nSPS) is 12.7. The van der Waals surface area contributed by atoms with Gasteiger partial charge in [0.05, 0.1) is 17.6 Å². The molecule has 126 valence electrons. The number of nitrogens with one attached hydrogen (secondary N) is 1. The summed E-state index contributed by atoms with van der Waals surface area (Å²) in [6.07, 6.45) is 0.842. The first-order chi connectivity index (χ1) is 11.7. The minimum Gasteiger partial charge on any atom is -0.493 e. The molecule has 1 unspecified atom stereocenters. The van der Waals surface area contributed by atoms with E-state index in [0.717, 1.165) is 35.6 Å². The summed E-state index contributed by atoms with van der Waals surface area (Å²) in [5, 5.41) is 0. The zero-order chi connectivity index (χ0) is 16.9. The fourth-order valence-electron chi connectivity index (χ4n) is 2.77. The molecule has 0 aliphatic rings. The number of hydrogen-bond donors (Lipinski definition) is 2. The van der Waals surface area contributed by atoms with E-state index in [1.807, 2.05) is 36.4 Å². The second-order valence-electron chi connectivity index (χ2n) is 6.63. The van der Waals surface area contributed by atoms with Crippen molar-refractivity contribution >= 4 is 11.0 Å². The minimum absolute atomic E-state index is 0.165. The van der Waals surface area contributed by atoms with Gasteiger partial charge in [-0.25, -0.2) is 4.98 Å². The molecule has 0 bridgehead atoms. The van der Waals surface area contributed by atoms with Gasteiger partial charge in [-0.3, -0.25) is 0 Å². The highest BCUT2D eigenvalue weighted by molar-refractivity contribution is 5.74. The van der Waals surface area contributed by atoms with Crippen molar-refractivity contribution in [3.8, 4) is 5.75 Å². The number of aromatic amines is 1. The zero-order valence-electron chi connectivity index (χ0n) is 14.3. The van der Waals surface area contributed by atoms with Gasteiger partial charge in [-0.15, -0.1) is 0 Å². The first-order valence-corrected chi connectivity index (χ1v) is 8.52. The highest BCUT2D eigenvalue weighted by Crippen LogP contribution is 2.23. The highest BCUT2D eigenvalue weighted by atomic mass is 16.5. The maximum Gasteiger partial charge on any atom is 0.119 e. The topological polar surface area (TPSA) is 63.9 Å². The van der Waals surface area contributed by atoms with Gasteiger partial charge in [0.1, 0.15) is 11.6 Å². The average Bonchev–Trinajstić information content (AvgIpc) is 3.02. The van der Waals surface area contributed by atoms with E-state index in [0.29, 0.717) is 12.5 Å². The van der Waals surface area contributed by atoms with Crippen molar-refractivity contribution in [2.75, 3.05) is 13.2 Å². The quantitative estimate of drug-likeness (QED) is 0.693. The van der Waals surface area contributed by atoms with Crippen molar-refractivity contribution < 1.29 is 4.74 Å². The van der Waals surface area contributed by atoms with Crippen LogP contribution in [0.5, 0.6) is 5.75 Å². The number of fused-ring (bicyclic) bond motifs is 1. The van der Waals surface area contributed by atoms with Crippen molar-refractivity contribution in [3.05, 3.63) is 59.9 Å². The molecule has 24 heavy (non-hydrogen) atoms. The van der Waals surface area contributed by atoms with Crippen LogP contribution in [0, 0.1) is 5.92 Å². The number of H-pyrrole nitrogens is 1. The molecule has 1 aromatic heterocycles. The fraction of sp³-hybridized carbons (Fsp3) is 0.350. The molecule has 3 rings (SSSR count). The maximum absolute atomic E-state index is 6.02. The molecule has 0 aliphatic heterocycles. The fourth-order valence-corrected chi connectivity index (χ4v) is 2.77. The van der Waals surface area contributed by atoms with Crippen LogP contribution in [0.25, 0.3) is 11.0 Å². The van der Waals surface area contributed by atoms with E-state index in [-0.39, 0.29) is 5.92 Å². The Morgan fingerprint density at radius 3 is 2.71 bits per heavy atom. The molecule has 2 aromatic carbocycles. The Labute approximate surface area is 143 Å². The van der Waals surface area contributed by atoms with Crippen LogP contribution in [0.3, 0.4) is 0 Å². The van der Waals surface area contributed by atoms with Gasteiger partial charge in [0.2, 0.25) is 0 Å². The van der Waals surface area contributed by atoms with Crippen LogP contribution in [0.1, 0.15) is 31.2 Å². The van der Waals surface area contributed by atoms with Crippen molar-refractivity contribution in [3.63, 3.8) is 0 Å². The summed E-state index contributed by atoms with van der Waals surface area (Å²) < 4.78 is 5.82. The minimum atomic E-state index is 0.165. The number of nitrogens with zero attached hydrogens (tertiary/aromatic N) is 1. The van der Waals surface area contributed by atoms with E-state index in [2.05, 4.69) is 31.0 Å². The largest absolute Gasteiger partial charge is 0.493 e. The number of rotatable bonds is 7. The molecule has 1 heterocycles. The third-order valence-corrected chi connectivity index (χ3v) is 4.04. The van der Waals surface area contributed by atoms with Gasteiger partial charge in [-0.05, 0) is 42.2 Å². The summed E-state index contributed by atoms with van der Waals surface area (Å²) in [7, 11) is 0. The molecule has 0 saturated carbocycles. The van der Waals surface area contributed by atoms with E-state index in [1.165, 1.54) is 5.56 Å². The summed E-state index contributed by atoms with van der Waals surface area (Å²) in [6, 6.07) is 16.3. The van der Waals surface area contributed by atoms with Gasteiger partial charge < -0.3 is 15.5 Å². The average molecular weight is 323 g/mol. The van der Waals surface area contributed by atoms with Crippen LogP contribution >= 0.6 is 0 Å². The predicted octanol–water partition coefficient (Wildman–Crippen LogP) is 3.88. The second kappa shape index (κ2) is 7.49. The lowest BCUT2D eigenvalue weighted by molar-refractivity contribution is 0.271. The lowest BCUT2D eigenvalue weighted by atomic mass is 9.98. The summed E-state index contributed by atoms with van der Waals surface area (Å²) in [6.45, 7) is 5.58. The maximum atomic E-state index is 6.02. The Morgan fingerprint density at radius 1 is 1.12 bits per heavy atom. The van der Waals surface area contributed by atoms with Crippen LogP contribution in [0.4, 0.5) is 0 Å². The molecule has 0 fully saturated rings. The molecular formula is C20H25N3O. The Morgan fingerprint density at radius 2 is 1.96 bits per heavy atom. The summed E-state index contributed by atoms with van der Waals surface area (Å²) in [5.74, 6) is 2.55. The lowest BCUT2D eigenvalue weighted by Crippen LogP contribution is -2.16. The number of aromatic nitrogens is 2. The number of ether oxygens (including phenoxy) is 1. The molecule has 3 N–H and O–H groups in total. The smallest absolute Gasteiger partial charge is 0.119 e. The third kappa shape index (κ3) is 3.95. The van der Waals surface area contributed by atoms with Gasteiger partial charge in [0.25, 0.3) is 0 Å². The standard InChI is InChI=1S/C20H25N3O/c1-14(2)13-24-17-7-5-6-15(11-17)10-16(12-21)20-22-18-8-3-4-9-19(18)23-20/h3-9,11,14,16H,10,12-13,21H2,1-2H3,(H,22,23). The van der Waals surface area contributed by atoms with E-state index >= 15 is 0 Å². The van der Waals surface area contributed by atoms with Gasteiger partial charge in [0, 0.05) is 12.5 Å². The van der Waals surface area contributed by atoms with Crippen molar-refractivity contribution in [1.29, 1.82) is 0 Å². The number of benzene rings is 2. The van der Waals surface area contributed by atoms with Crippen LogP contribution in [-0.4, -0.2) is 23.1 Å². The van der Waals surface area contributed by atoms with Crippen molar-refractivity contribution in [2.24, 2.45) is 11.7 Å². The SMILES string of the molecule is CC(C)COc1cccc(CC(CN)c2nc3ccccc3[nH]2)c1. The Kier molecular flexibility index (Phi) is 5.16. The first-order valence-electron chi connectivity index (χ1n) is 8.52. The molecule has 4 heteroatoms. The van der Waals surface area contributed by atoms with Crippen LogP contribution in [-0.2, 0) is 6.42 Å². The third-order valence-electron chi connectivity index (χ3n) is 4.04. The molecule has 1 atom stereocenters. The summed E-state index contributed by atoms with van der Waals surface area (Å²) in [5.41, 5.74) is 9.28. The molecule has 4 nitrogen and oxygen atoms in total. The first kappa shape index (κ1) is 16.5. The van der Waals surface area contributed by atoms with Crippen LogP contribution in [0.2, 0.25) is 0 Å². The number of imidazole rings is 1. The number of hydrogen-bond acceptors (Lipinski definition) is 3. The molecular weight excluding hydrogens is 298 g/mol. The van der Waals surface area contributed by atoms with Crippen LogP contribution < -0.4 is 10.5 Å². The Balaban J connectivity index is 1.76. The Hall–Kier alpha value is -2.33. The monoisotopic (exact) mass is 323 g/mol. The van der Waals surface area contributed by atoms with Crippen molar-refractivity contribution in [2.45, 2.75) is 26.2 Å². The summed E-state index contributed by atoms with van der Waals surface area (Å²) in [4.78, 5) is 8.09. The molecule has 3 aromatic rings. The van der Waals surface area contributed by atoms with Gasteiger partial charge in [0.15, 0.2) is 0 Å². The van der Waals surface area contributed by atoms with Crippen LogP contribution in [0.15, 0.2) is 48.5 Å². The number of nitrogens with two attached hydrogens (primary N) is 1. The van der Waals surface area contributed by atoms with Gasteiger partial charge in [-0.2, -0.15) is 0 Å². The molecule has 0 saturated heterocycles. The van der Waals surface area contributed by atoms with Gasteiger partial charge in [-0.1, -0.05) is 38.1 Å². The summed E-state index contributed by atoms with van der Waals surface area (Å²) >= 11 is 0. The predicted molar refractivity (Wildman–Crippen MR) is 98.4 cm³/mol.